The third-order valence-electron chi connectivity index (χ3n) is 11.5. The fraction of sp³-hybridized carbons (Fsp3) is 0.800. The lowest BCUT2D eigenvalue weighted by Gasteiger charge is -2.42. The minimum Gasteiger partial charge on any atom is -0.299 e. The molecule has 240 valence electrons. The number of Topliss-reactive ketones (excluding diaryl/α,β-unsaturated/α-hetero) is 2. The predicted octanol–water partition coefficient (Wildman–Crippen LogP) is 12.0. The highest BCUT2D eigenvalue weighted by Crippen LogP contribution is 2.46. The number of carbonyl (C=O) groups excluding carboxylic acids is 2. The van der Waals surface area contributed by atoms with Crippen molar-refractivity contribution in [2.45, 2.75) is 166 Å². The van der Waals surface area contributed by atoms with Crippen LogP contribution in [-0.2, 0) is 9.59 Å². The molecule has 2 heteroatoms. The normalized spacial score (nSPS) is 27.8. The SMILES string of the molecule is C/C(=C\CC/C=C(\C)CCC[C@H](C)CCC1C(C)C(=O)CCC1(C)C)CC/C=C(\C)CCC1C(C)C(=O)CCC1(C)C. The number of rotatable bonds is 16. The molecule has 0 radical (unpaired) electrons. The van der Waals surface area contributed by atoms with E-state index >= 15 is 0 Å². The minimum atomic E-state index is 0.217. The molecule has 2 saturated carbocycles. The molecule has 2 rings (SSSR count). The van der Waals surface area contributed by atoms with Gasteiger partial charge in [0, 0.05) is 24.7 Å². The summed E-state index contributed by atoms with van der Waals surface area (Å²) in [5, 5.41) is 0. The zero-order valence-electron chi connectivity index (χ0n) is 29.5. The molecule has 4 unspecified atom stereocenters. The van der Waals surface area contributed by atoms with Gasteiger partial charge in [0.25, 0.3) is 0 Å². The molecule has 0 heterocycles. The summed E-state index contributed by atoms with van der Waals surface area (Å²) in [6.45, 7) is 23.1. The van der Waals surface area contributed by atoms with Crippen LogP contribution < -0.4 is 0 Å². The Hall–Kier alpha value is -1.44. The Bertz CT molecular complexity index is 958. The maximum atomic E-state index is 12.3. The largest absolute Gasteiger partial charge is 0.299 e. The fourth-order valence-electron chi connectivity index (χ4n) is 8.03. The van der Waals surface area contributed by atoms with Gasteiger partial charge in [0.2, 0.25) is 0 Å². The lowest BCUT2D eigenvalue weighted by molar-refractivity contribution is -0.131. The summed E-state index contributed by atoms with van der Waals surface area (Å²) < 4.78 is 0. The molecule has 2 fully saturated rings. The second kappa shape index (κ2) is 17.2. The van der Waals surface area contributed by atoms with Crippen molar-refractivity contribution < 1.29 is 9.59 Å². The van der Waals surface area contributed by atoms with Crippen molar-refractivity contribution >= 4 is 11.6 Å². The first-order valence-corrected chi connectivity index (χ1v) is 17.7. The number of carbonyl (C=O) groups is 2. The molecule has 5 atom stereocenters. The van der Waals surface area contributed by atoms with Crippen molar-refractivity contribution in [1.82, 2.24) is 0 Å². The van der Waals surface area contributed by atoms with Gasteiger partial charge >= 0.3 is 0 Å². The topological polar surface area (TPSA) is 34.1 Å². The second-order valence-electron chi connectivity index (χ2n) is 16.1. The first-order chi connectivity index (χ1) is 19.6. The van der Waals surface area contributed by atoms with E-state index in [0.717, 1.165) is 70.1 Å². The van der Waals surface area contributed by atoms with Crippen LogP contribution in [0.25, 0.3) is 0 Å². The standard InChI is InChI=1S/C40H68O2/c1-29(17-13-19-31(3)21-23-35-33(5)37(41)25-27-39(35,7)8)15-11-12-16-30(2)18-14-20-32(4)22-24-36-34(6)38(42)26-28-40(36,9)10/h15-16,19,32-36H,11-14,17-18,20-28H2,1-10H3/b29-15+,30-16+,31-19+/t32-,33?,34?,35?,36?/m0/s1. The van der Waals surface area contributed by atoms with Gasteiger partial charge in [0.1, 0.15) is 11.6 Å². The van der Waals surface area contributed by atoms with E-state index in [0.29, 0.717) is 28.8 Å². The van der Waals surface area contributed by atoms with Crippen LogP contribution in [0.2, 0.25) is 0 Å². The molecular formula is C40H68O2. The zero-order chi connectivity index (χ0) is 31.5. The molecule has 2 nitrogen and oxygen atoms in total. The van der Waals surface area contributed by atoms with E-state index in [1.165, 1.54) is 48.8 Å². The Morgan fingerprint density at radius 3 is 1.69 bits per heavy atom. The molecule has 2 aliphatic carbocycles. The summed E-state index contributed by atoms with van der Waals surface area (Å²) in [6.07, 6.45) is 24.0. The summed E-state index contributed by atoms with van der Waals surface area (Å²) in [4.78, 5) is 24.5. The first kappa shape index (κ1) is 36.8. The number of allylic oxidation sites excluding steroid dienone is 6. The number of hydrogen-bond acceptors (Lipinski definition) is 2. The monoisotopic (exact) mass is 581 g/mol. The van der Waals surface area contributed by atoms with Crippen LogP contribution in [0.5, 0.6) is 0 Å². The summed E-state index contributed by atoms with van der Waals surface area (Å²) >= 11 is 0. The summed E-state index contributed by atoms with van der Waals surface area (Å²) in [5.74, 6) is 3.23. The molecular weight excluding hydrogens is 512 g/mol. The van der Waals surface area contributed by atoms with Crippen molar-refractivity contribution in [2.75, 3.05) is 0 Å². The van der Waals surface area contributed by atoms with Crippen LogP contribution in [0.15, 0.2) is 34.9 Å². The smallest absolute Gasteiger partial charge is 0.136 e. The Kier molecular flexibility index (Phi) is 15.0. The average molecular weight is 581 g/mol. The van der Waals surface area contributed by atoms with Crippen LogP contribution in [0, 0.1) is 40.4 Å². The molecule has 0 saturated heterocycles. The Labute approximate surface area is 261 Å². The molecule has 2 aliphatic rings. The maximum Gasteiger partial charge on any atom is 0.136 e. The molecule has 0 aromatic rings. The molecule has 0 aliphatic heterocycles. The molecule has 0 bridgehead atoms. The Morgan fingerprint density at radius 2 is 1.14 bits per heavy atom. The zero-order valence-corrected chi connectivity index (χ0v) is 29.5. The maximum absolute atomic E-state index is 12.3. The van der Waals surface area contributed by atoms with E-state index in [1.54, 1.807) is 0 Å². The van der Waals surface area contributed by atoms with Gasteiger partial charge in [-0.15, -0.1) is 0 Å². The van der Waals surface area contributed by atoms with E-state index in [2.05, 4.69) is 87.5 Å². The Balaban J connectivity index is 1.61. The highest BCUT2D eigenvalue weighted by molar-refractivity contribution is 5.82. The van der Waals surface area contributed by atoms with Crippen LogP contribution in [0.4, 0.5) is 0 Å². The highest BCUT2D eigenvalue weighted by Gasteiger charge is 2.41. The molecule has 0 amide bonds. The van der Waals surface area contributed by atoms with Gasteiger partial charge in [-0.05, 0) is 120 Å². The average Bonchev–Trinajstić information content (AvgIpc) is 2.91. The number of hydrogen-bond donors (Lipinski definition) is 0. The van der Waals surface area contributed by atoms with Gasteiger partial charge in [0.15, 0.2) is 0 Å². The van der Waals surface area contributed by atoms with Crippen molar-refractivity contribution in [2.24, 2.45) is 40.4 Å². The van der Waals surface area contributed by atoms with Crippen LogP contribution in [-0.4, -0.2) is 11.6 Å². The Morgan fingerprint density at radius 1 is 0.690 bits per heavy atom. The van der Waals surface area contributed by atoms with E-state index in [1.807, 2.05) is 0 Å². The summed E-state index contributed by atoms with van der Waals surface area (Å²) in [7, 11) is 0. The molecule has 0 spiro atoms. The van der Waals surface area contributed by atoms with Crippen molar-refractivity contribution in [1.29, 1.82) is 0 Å². The number of unbranched alkanes of at least 4 members (excludes halogenated alkanes) is 1. The van der Waals surface area contributed by atoms with E-state index in [-0.39, 0.29) is 17.3 Å². The first-order valence-electron chi connectivity index (χ1n) is 17.7. The molecule has 0 aromatic heterocycles. The summed E-state index contributed by atoms with van der Waals surface area (Å²) in [5.41, 5.74) is 5.12. The lowest BCUT2D eigenvalue weighted by atomic mass is 9.62. The predicted molar refractivity (Wildman–Crippen MR) is 183 cm³/mol. The van der Waals surface area contributed by atoms with Gasteiger partial charge in [0.05, 0.1) is 0 Å². The molecule has 42 heavy (non-hydrogen) atoms. The van der Waals surface area contributed by atoms with Gasteiger partial charge in [-0.1, -0.05) is 96.3 Å². The minimum absolute atomic E-state index is 0.217. The fourth-order valence-corrected chi connectivity index (χ4v) is 8.03. The van der Waals surface area contributed by atoms with Gasteiger partial charge in [-0.25, -0.2) is 0 Å². The van der Waals surface area contributed by atoms with E-state index < -0.39 is 0 Å². The third kappa shape index (κ3) is 11.9. The van der Waals surface area contributed by atoms with Crippen LogP contribution in [0.1, 0.15) is 166 Å². The quantitative estimate of drug-likeness (QED) is 0.134. The van der Waals surface area contributed by atoms with Crippen LogP contribution >= 0.6 is 0 Å². The van der Waals surface area contributed by atoms with Gasteiger partial charge in [-0.2, -0.15) is 0 Å². The molecule has 0 aromatic carbocycles. The van der Waals surface area contributed by atoms with E-state index in [4.69, 9.17) is 0 Å². The van der Waals surface area contributed by atoms with Gasteiger partial charge < -0.3 is 0 Å². The van der Waals surface area contributed by atoms with Gasteiger partial charge in [-0.3, -0.25) is 9.59 Å². The number of ketones is 2. The molecule has 0 N–H and O–H groups in total. The van der Waals surface area contributed by atoms with Crippen LogP contribution in [0.3, 0.4) is 0 Å². The summed E-state index contributed by atoms with van der Waals surface area (Å²) in [6, 6.07) is 0. The van der Waals surface area contributed by atoms with E-state index in [9.17, 15) is 9.59 Å². The van der Waals surface area contributed by atoms with Crippen molar-refractivity contribution in [3.63, 3.8) is 0 Å². The van der Waals surface area contributed by atoms with Crippen molar-refractivity contribution in [3.05, 3.63) is 34.9 Å². The lowest BCUT2D eigenvalue weighted by Crippen LogP contribution is -2.39. The van der Waals surface area contributed by atoms with Crippen molar-refractivity contribution in [3.8, 4) is 0 Å². The second-order valence-corrected chi connectivity index (χ2v) is 16.1. The third-order valence-corrected chi connectivity index (χ3v) is 11.5. The highest BCUT2D eigenvalue weighted by atomic mass is 16.1.